The zero-order chi connectivity index (χ0) is 16.9. The summed E-state index contributed by atoms with van der Waals surface area (Å²) in [4.78, 5) is 13.9. The van der Waals surface area contributed by atoms with Gasteiger partial charge >= 0.3 is 6.03 Å². The summed E-state index contributed by atoms with van der Waals surface area (Å²) < 4.78 is 13.1. The minimum atomic E-state index is -0.439. The van der Waals surface area contributed by atoms with Crippen LogP contribution in [0.4, 0.5) is 9.18 Å². The normalized spacial score (nSPS) is 14.3. The van der Waals surface area contributed by atoms with Gasteiger partial charge in [-0.1, -0.05) is 32.9 Å². The fraction of sp³-hybridized carbons (Fsp3) is 0.588. The highest BCUT2D eigenvalue weighted by Gasteiger charge is 2.28. The lowest BCUT2D eigenvalue weighted by Crippen LogP contribution is -2.44. The SMILES string of the molecule is CC(O)CCN(C)C(=O)NC(c1ccc(F)cc1)C(C)(C)C. The van der Waals surface area contributed by atoms with Gasteiger partial charge in [-0.15, -0.1) is 0 Å². The van der Waals surface area contributed by atoms with E-state index in [0.717, 1.165) is 5.56 Å². The van der Waals surface area contributed by atoms with Crippen molar-refractivity contribution in [2.75, 3.05) is 13.6 Å². The number of carbonyl (C=O) groups excluding carboxylic acids is 1. The molecule has 2 unspecified atom stereocenters. The van der Waals surface area contributed by atoms with E-state index in [-0.39, 0.29) is 23.3 Å². The van der Waals surface area contributed by atoms with Gasteiger partial charge < -0.3 is 15.3 Å². The first-order chi connectivity index (χ1) is 10.1. The molecule has 22 heavy (non-hydrogen) atoms. The van der Waals surface area contributed by atoms with Crippen molar-refractivity contribution in [3.63, 3.8) is 0 Å². The summed E-state index contributed by atoms with van der Waals surface area (Å²) in [6.45, 7) is 8.25. The van der Waals surface area contributed by atoms with Crippen molar-refractivity contribution in [1.29, 1.82) is 0 Å². The molecule has 0 aliphatic carbocycles. The Kier molecular flexibility index (Phi) is 6.35. The van der Waals surface area contributed by atoms with Gasteiger partial charge in [0.05, 0.1) is 12.1 Å². The molecule has 0 bridgehead atoms. The topological polar surface area (TPSA) is 52.6 Å². The molecule has 0 fully saturated rings. The molecule has 4 nitrogen and oxygen atoms in total. The largest absolute Gasteiger partial charge is 0.393 e. The second-order valence-electron chi connectivity index (χ2n) is 6.86. The van der Waals surface area contributed by atoms with Crippen LogP contribution in [0.25, 0.3) is 0 Å². The number of hydrogen-bond acceptors (Lipinski definition) is 2. The third-order valence-electron chi connectivity index (χ3n) is 3.57. The van der Waals surface area contributed by atoms with E-state index in [4.69, 9.17) is 0 Å². The van der Waals surface area contributed by atoms with E-state index in [2.05, 4.69) is 5.32 Å². The summed E-state index contributed by atoms with van der Waals surface area (Å²) in [5.74, 6) is -0.295. The molecule has 0 aliphatic rings. The molecule has 1 rings (SSSR count). The van der Waals surface area contributed by atoms with Crippen molar-refractivity contribution in [2.24, 2.45) is 5.41 Å². The minimum Gasteiger partial charge on any atom is -0.393 e. The molecule has 1 aromatic rings. The molecular formula is C17H27FN2O2. The van der Waals surface area contributed by atoms with E-state index in [1.54, 1.807) is 31.0 Å². The quantitative estimate of drug-likeness (QED) is 0.876. The van der Waals surface area contributed by atoms with Gasteiger partial charge in [0.2, 0.25) is 0 Å². The van der Waals surface area contributed by atoms with Crippen LogP contribution in [0.1, 0.15) is 45.7 Å². The predicted octanol–water partition coefficient (Wildman–Crippen LogP) is 3.33. The maximum absolute atomic E-state index is 13.1. The van der Waals surface area contributed by atoms with E-state index in [0.29, 0.717) is 13.0 Å². The van der Waals surface area contributed by atoms with Crippen LogP contribution in [0.3, 0.4) is 0 Å². The lowest BCUT2D eigenvalue weighted by molar-refractivity contribution is 0.158. The van der Waals surface area contributed by atoms with Gasteiger partial charge in [0.1, 0.15) is 5.82 Å². The number of nitrogens with one attached hydrogen (secondary N) is 1. The zero-order valence-corrected chi connectivity index (χ0v) is 14.1. The third-order valence-corrected chi connectivity index (χ3v) is 3.57. The van der Waals surface area contributed by atoms with Crippen LogP contribution in [0.2, 0.25) is 0 Å². The van der Waals surface area contributed by atoms with Gasteiger partial charge in [0.15, 0.2) is 0 Å². The molecule has 124 valence electrons. The predicted molar refractivity (Wildman–Crippen MR) is 86.1 cm³/mol. The van der Waals surface area contributed by atoms with Crippen molar-refractivity contribution in [3.8, 4) is 0 Å². The molecule has 0 aliphatic heterocycles. The van der Waals surface area contributed by atoms with Crippen molar-refractivity contribution in [2.45, 2.75) is 46.3 Å². The molecule has 0 saturated carbocycles. The van der Waals surface area contributed by atoms with Gasteiger partial charge in [-0.2, -0.15) is 0 Å². The second kappa shape index (κ2) is 7.58. The van der Waals surface area contributed by atoms with Gasteiger partial charge in [-0.25, -0.2) is 9.18 Å². The summed E-state index contributed by atoms with van der Waals surface area (Å²) in [5, 5.41) is 12.3. The maximum Gasteiger partial charge on any atom is 0.317 e. The van der Waals surface area contributed by atoms with Crippen LogP contribution in [-0.2, 0) is 0 Å². The van der Waals surface area contributed by atoms with E-state index in [1.165, 1.54) is 12.1 Å². The Morgan fingerprint density at radius 2 is 1.86 bits per heavy atom. The number of aliphatic hydroxyl groups is 1. The molecular weight excluding hydrogens is 283 g/mol. The van der Waals surface area contributed by atoms with E-state index in [1.807, 2.05) is 20.8 Å². The van der Waals surface area contributed by atoms with E-state index in [9.17, 15) is 14.3 Å². The van der Waals surface area contributed by atoms with Crippen LogP contribution < -0.4 is 5.32 Å². The lowest BCUT2D eigenvalue weighted by atomic mass is 9.82. The maximum atomic E-state index is 13.1. The monoisotopic (exact) mass is 310 g/mol. The number of nitrogens with zero attached hydrogens (tertiary/aromatic N) is 1. The van der Waals surface area contributed by atoms with Gasteiger partial charge in [-0.3, -0.25) is 0 Å². The van der Waals surface area contributed by atoms with Gasteiger partial charge in [-0.05, 0) is 36.5 Å². The van der Waals surface area contributed by atoms with Crippen LogP contribution in [0, 0.1) is 11.2 Å². The zero-order valence-electron chi connectivity index (χ0n) is 14.1. The fourth-order valence-electron chi connectivity index (χ4n) is 2.17. The van der Waals surface area contributed by atoms with Crippen molar-refractivity contribution in [3.05, 3.63) is 35.6 Å². The average Bonchev–Trinajstić information content (AvgIpc) is 2.41. The molecule has 5 heteroatoms. The Morgan fingerprint density at radius 1 is 1.32 bits per heavy atom. The molecule has 1 aromatic carbocycles. The molecule has 0 heterocycles. The lowest BCUT2D eigenvalue weighted by Gasteiger charge is -2.33. The van der Waals surface area contributed by atoms with E-state index < -0.39 is 6.10 Å². The Balaban J connectivity index is 2.82. The fourth-order valence-corrected chi connectivity index (χ4v) is 2.17. The van der Waals surface area contributed by atoms with Crippen LogP contribution in [-0.4, -0.2) is 35.7 Å². The first-order valence-corrected chi connectivity index (χ1v) is 7.56. The van der Waals surface area contributed by atoms with Crippen molar-refractivity contribution < 1.29 is 14.3 Å². The third kappa shape index (κ3) is 5.64. The van der Waals surface area contributed by atoms with Crippen LogP contribution >= 0.6 is 0 Å². The standard InChI is InChI=1S/C17H27FN2O2/c1-12(21)10-11-20(5)16(22)19-15(17(2,3)4)13-6-8-14(18)9-7-13/h6-9,12,15,21H,10-11H2,1-5H3,(H,19,22). The summed E-state index contributed by atoms with van der Waals surface area (Å²) in [7, 11) is 1.70. The Labute approximate surface area is 132 Å². The number of urea groups is 1. The Hall–Kier alpha value is -1.62. The average molecular weight is 310 g/mol. The number of halogens is 1. The van der Waals surface area contributed by atoms with Crippen LogP contribution in [0.5, 0.6) is 0 Å². The summed E-state index contributed by atoms with van der Waals surface area (Å²) >= 11 is 0. The summed E-state index contributed by atoms with van der Waals surface area (Å²) in [5.41, 5.74) is 0.657. The minimum absolute atomic E-state index is 0.204. The number of carbonyl (C=O) groups is 1. The number of rotatable bonds is 5. The molecule has 2 amide bonds. The Morgan fingerprint density at radius 3 is 2.32 bits per heavy atom. The first-order valence-electron chi connectivity index (χ1n) is 7.56. The molecule has 2 atom stereocenters. The highest BCUT2D eigenvalue weighted by atomic mass is 19.1. The first kappa shape index (κ1) is 18.4. The van der Waals surface area contributed by atoms with E-state index >= 15 is 0 Å². The molecule has 0 aromatic heterocycles. The summed E-state index contributed by atoms with van der Waals surface area (Å²) in [6, 6.07) is 5.76. The Bertz CT molecular complexity index is 480. The molecule has 0 spiro atoms. The number of hydrogen-bond donors (Lipinski definition) is 2. The smallest absolute Gasteiger partial charge is 0.317 e. The van der Waals surface area contributed by atoms with Crippen molar-refractivity contribution >= 4 is 6.03 Å². The van der Waals surface area contributed by atoms with Gasteiger partial charge in [0.25, 0.3) is 0 Å². The second-order valence-corrected chi connectivity index (χ2v) is 6.86. The highest BCUT2D eigenvalue weighted by Crippen LogP contribution is 2.32. The number of benzene rings is 1. The number of amides is 2. The van der Waals surface area contributed by atoms with Crippen LogP contribution in [0.15, 0.2) is 24.3 Å². The molecule has 0 radical (unpaired) electrons. The molecule has 2 N–H and O–H groups in total. The van der Waals surface area contributed by atoms with Gasteiger partial charge in [0, 0.05) is 13.6 Å². The highest BCUT2D eigenvalue weighted by molar-refractivity contribution is 5.74. The summed E-state index contributed by atoms with van der Waals surface area (Å²) in [6.07, 6.45) is 0.0893. The van der Waals surface area contributed by atoms with Crippen molar-refractivity contribution in [1.82, 2.24) is 10.2 Å². The molecule has 0 saturated heterocycles. The number of aliphatic hydroxyl groups excluding tert-OH is 1.